The number of amides is 1. The summed E-state index contributed by atoms with van der Waals surface area (Å²) in [6, 6.07) is 4.05. The highest BCUT2D eigenvalue weighted by Gasteiger charge is 2.43. The van der Waals surface area contributed by atoms with E-state index in [0.29, 0.717) is 48.1 Å². The summed E-state index contributed by atoms with van der Waals surface area (Å²) >= 11 is 10.0. The molecular formula is C20H22BrClN8O. The number of anilines is 2. The third-order valence-corrected chi connectivity index (χ3v) is 6.83. The van der Waals surface area contributed by atoms with E-state index in [1.807, 2.05) is 16.7 Å². The number of benzene rings is 1. The van der Waals surface area contributed by atoms with Crippen LogP contribution in [0.15, 0.2) is 29.3 Å². The van der Waals surface area contributed by atoms with Gasteiger partial charge in [0.2, 0.25) is 5.91 Å². The number of nitrogen functional groups attached to an aromatic ring is 1. The predicted octanol–water partition coefficient (Wildman–Crippen LogP) is 2.06. The van der Waals surface area contributed by atoms with Crippen LogP contribution < -0.4 is 21.7 Å². The summed E-state index contributed by atoms with van der Waals surface area (Å²) in [6.07, 6.45) is 5.76. The fourth-order valence-electron chi connectivity index (χ4n) is 3.99. The number of imidazole rings is 1. The molecule has 3 heterocycles. The smallest absolute Gasteiger partial charge is 0.242 e. The molecule has 2 aromatic heterocycles. The van der Waals surface area contributed by atoms with Crippen LogP contribution in [-0.2, 0) is 11.3 Å². The van der Waals surface area contributed by atoms with Crippen LogP contribution in [-0.4, -0.2) is 50.1 Å². The van der Waals surface area contributed by atoms with E-state index >= 15 is 0 Å². The monoisotopic (exact) mass is 504 g/mol. The molecule has 31 heavy (non-hydrogen) atoms. The van der Waals surface area contributed by atoms with E-state index in [1.54, 1.807) is 6.33 Å². The second-order valence-electron chi connectivity index (χ2n) is 8.26. The maximum atomic E-state index is 12.7. The normalized spacial score (nSPS) is 21.1. The van der Waals surface area contributed by atoms with Gasteiger partial charge in [0.05, 0.1) is 12.9 Å². The number of nitrogens with two attached hydrogens (primary N) is 2. The van der Waals surface area contributed by atoms with Crippen LogP contribution in [0.1, 0.15) is 24.8 Å². The Morgan fingerprint density at radius 1 is 1.32 bits per heavy atom. The number of hydrogen-bond acceptors (Lipinski definition) is 7. The van der Waals surface area contributed by atoms with Crippen LogP contribution in [0, 0.1) is 0 Å². The zero-order valence-corrected chi connectivity index (χ0v) is 19.0. The summed E-state index contributed by atoms with van der Waals surface area (Å²) in [5.41, 5.74) is 14.7. The number of aromatic nitrogens is 4. The molecule has 1 amide bonds. The standard InChI is InChI=1S/C20H22BrClN8O/c21-14-5-11(22)6-15(29-4-3-20(24,8-29)19(31)28-12-1-2-12)13(14)7-30-10-27-16-17(23)25-9-26-18(16)30/h5-6,9-10,12H,1-4,7-8,24H2,(H,28,31)(H2,23,25,26)/t20-/m1/s1. The van der Waals surface area contributed by atoms with E-state index in [1.165, 1.54) is 6.33 Å². The van der Waals surface area contributed by atoms with Crippen molar-refractivity contribution in [1.82, 2.24) is 24.8 Å². The van der Waals surface area contributed by atoms with Crippen molar-refractivity contribution in [2.75, 3.05) is 23.7 Å². The van der Waals surface area contributed by atoms with Crippen molar-refractivity contribution in [3.05, 3.63) is 39.8 Å². The molecule has 0 radical (unpaired) electrons. The number of nitrogens with one attached hydrogen (secondary N) is 1. The highest BCUT2D eigenvalue weighted by Crippen LogP contribution is 2.36. The minimum absolute atomic E-state index is 0.0760. The Labute approximate surface area is 192 Å². The van der Waals surface area contributed by atoms with Crippen molar-refractivity contribution in [1.29, 1.82) is 0 Å². The average Bonchev–Trinajstić information content (AvgIpc) is 3.29. The van der Waals surface area contributed by atoms with Crippen LogP contribution in [0.5, 0.6) is 0 Å². The van der Waals surface area contributed by atoms with Gasteiger partial charge < -0.3 is 26.3 Å². The average molecular weight is 506 g/mol. The van der Waals surface area contributed by atoms with Crippen LogP contribution in [0.25, 0.3) is 11.2 Å². The van der Waals surface area contributed by atoms with Gasteiger partial charge in [0.1, 0.15) is 17.4 Å². The molecule has 1 aliphatic heterocycles. The molecule has 1 aliphatic carbocycles. The van der Waals surface area contributed by atoms with Gasteiger partial charge in [-0.15, -0.1) is 0 Å². The quantitative estimate of drug-likeness (QED) is 0.484. The fraction of sp³-hybridized carbons (Fsp3) is 0.400. The lowest BCUT2D eigenvalue weighted by Crippen LogP contribution is -2.56. The first-order valence-electron chi connectivity index (χ1n) is 10.1. The number of fused-ring (bicyclic) bond motifs is 1. The van der Waals surface area contributed by atoms with Gasteiger partial charge in [0.25, 0.3) is 0 Å². The number of rotatable bonds is 5. The second-order valence-corrected chi connectivity index (χ2v) is 9.56. The highest BCUT2D eigenvalue weighted by molar-refractivity contribution is 9.10. The Bertz CT molecular complexity index is 1180. The molecule has 1 saturated heterocycles. The molecule has 2 fully saturated rings. The maximum Gasteiger partial charge on any atom is 0.242 e. The molecule has 162 valence electrons. The Kier molecular flexibility index (Phi) is 5.03. The molecule has 1 saturated carbocycles. The maximum absolute atomic E-state index is 12.7. The largest absolute Gasteiger partial charge is 0.382 e. The van der Waals surface area contributed by atoms with Crippen molar-refractivity contribution in [2.24, 2.45) is 5.73 Å². The lowest BCUT2D eigenvalue weighted by Gasteiger charge is -2.27. The van der Waals surface area contributed by atoms with E-state index < -0.39 is 5.54 Å². The molecule has 5 N–H and O–H groups in total. The summed E-state index contributed by atoms with van der Waals surface area (Å²) in [6.45, 7) is 1.57. The van der Waals surface area contributed by atoms with E-state index in [-0.39, 0.29) is 11.9 Å². The molecule has 5 rings (SSSR count). The molecule has 1 atom stereocenters. The summed E-state index contributed by atoms with van der Waals surface area (Å²) in [5, 5.41) is 3.64. The first kappa shape index (κ1) is 20.5. The van der Waals surface area contributed by atoms with Crippen LogP contribution in [0.4, 0.5) is 11.5 Å². The van der Waals surface area contributed by atoms with Crippen molar-refractivity contribution >= 4 is 56.1 Å². The van der Waals surface area contributed by atoms with Crippen LogP contribution >= 0.6 is 27.5 Å². The van der Waals surface area contributed by atoms with E-state index in [0.717, 1.165) is 28.6 Å². The van der Waals surface area contributed by atoms with Crippen LogP contribution in [0.3, 0.4) is 0 Å². The third-order valence-electron chi connectivity index (χ3n) is 5.90. The number of hydrogen-bond donors (Lipinski definition) is 3. The SMILES string of the molecule is Nc1ncnc2c1ncn2Cc1c(Br)cc(Cl)cc1N1CC[C@](N)(C(=O)NC2CC2)C1. The van der Waals surface area contributed by atoms with E-state index in [9.17, 15) is 4.79 Å². The first-order chi connectivity index (χ1) is 14.8. The third kappa shape index (κ3) is 3.83. The Morgan fingerprint density at radius 2 is 2.13 bits per heavy atom. The molecule has 1 aromatic carbocycles. The first-order valence-corrected chi connectivity index (χ1v) is 11.3. The minimum atomic E-state index is -0.919. The topological polar surface area (TPSA) is 128 Å². The zero-order chi connectivity index (χ0) is 21.8. The molecule has 3 aromatic rings. The van der Waals surface area contributed by atoms with Gasteiger partial charge in [0.15, 0.2) is 11.5 Å². The van der Waals surface area contributed by atoms with Gasteiger partial charge in [-0.3, -0.25) is 4.79 Å². The van der Waals surface area contributed by atoms with E-state index in [4.69, 9.17) is 23.1 Å². The highest BCUT2D eigenvalue weighted by atomic mass is 79.9. The number of halogens is 2. The van der Waals surface area contributed by atoms with Crippen molar-refractivity contribution < 1.29 is 4.79 Å². The number of carbonyl (C=O) groups excluding carboxylic acids is 1. The summed E-state index contributed by atoms with van der Waals surface area (Å²) in [7, 11) is 0. The van der Waals surface area contributed by atoms with Gasteiger partial charge in [-0.25, -0.2) is 15.0 Å². The summed E-state index contributed by atoms with van der Waals surface area (Å²) in [5.74, 6) is 0.265. The lowest BCUT2D eigenvalue weighted by atomic mass is 9.99. The molecule has 0 bridgehead atoms. The number of nitrogens with zero attached hydrogens (tertiary/aromatic N) is 5. The minimum Gasteiger partial charge on any atom is -0.382 e. The van der Waals surface area contributed by atoms with Crippen molar-refractivity contribution in [3.8, 4) is 0 Å². The van der Waals surface area contributed by atoms with Gasteiger partial charge in [-0.2, -0.15) is 0 Å². The molecule has 0 spiro atoms. The number of carbonyl (C=O) groups is 1. The molecule has 0 unspecified atom stereocenters. The Balaban J connectivity index is 1.47. The second kappa shape index (κ2) is 7.61. The van der Waals surface area contributed by atoms with Crippen molar-refractivity contribution in [2.45, 2.75) is 37.4 Å². The van der Waals surface area contributed by atoms with Gasteiger partial charge in [0, 0.05) is 39.9 Å². The Morgan fingerprint density at radius 3 is 2.90 bits per heavy atom. The Hall–Kier alpha value is -2.43. The molecular weight excluding hydrogens is 484 g/mol. The van der Waals surface area contributed by atoms with Gasteiger partial charge >= 0.3 is 0 Å². The molecule has 9 nitrogen and oxygen atoms in total. The molecule has 11 heteroatoms. The zero-order valence-electron chi connectivity index (χ0n) is 16.7. The molecule has 2 aliphatic rings. The summed E-state index contributed by atoms with van der Waals surface area (Å²) < 4.78 is 2.77. The fourth-order valence-corrected chi connectivity index (χ4v) is 4.91. The van der Waals surface area contributed by atoms with Crippen LogP contribution in [0.2, 0.25) is 5.02 Å². The predicted molar refractivity (Wildman–Crippen MR) is 123 cm³/mol. The van der Waals surface area contributed by atoms with Gasteiger partial charge in [-0.05, 0) is 31.4 Å². The summed E-state index contributed by atoms with van der Waals surface area (Å²) in [4.78, 5) is 27.5. The van der Waals surface area contributed by atoms with Crippen molar-refractivity contribution in [3.63, 3.8) is 0 Å². The lowest BCUT2D eigenvalue weighted by molar-refractivity contribution is -0.125. The van der Waals surface area contributed by atoms with E-state index in [2.05, 4.69) is 41.1 Å². The van der Waals surface area contributed by atoms with Gasteiger partial charge in [-0.1, -0.05) is 27.5 Å².